The van der Waals surface area contributed by atoms with Crippen molar-refractivity contribution < 1.29 is 19.4 Å². The van der Waals surface area contributed by atoms with Gasteiger partial charge < -0.3 is 14.6 Å². The summed E-state index contributed by atoms with van der Waals surface area (Å²) in [5.74, 6) is 0.899. The summed E-state index contributed by atoms with van der Waals surface area (Å²) in [6, 6.07) is 7.71. The first-order valence-electron chi connectivity index (χ1n) is 7.26. The summed E-state index contributed by atoms with van der Waals surface area (Å²) in [4.78, 5) is 11.5. The third-order valence-electron chi connectivity index (χ3n) is 2.83. The third-order valence-corrected chi connectivity index (χ3v) is 3.80. The van der Waals surface area contributed by atoms with Crippen molar-refractivity contribution in [1.82, 2.24) is 0 Å². The number of carbonyl (C=O) groups excluding carboxylic acids is 1. The molecule has 1 rings (SSSR count). The predicted molar refractivity (Wildman–Crippen MR) is 85.2 cm³/mol. The number of benzene rings is 1. The Morgan fingerprint density at radius 2 is 1.86 bits per heavy atom. The van der Waals surface area contributed by atoms with Gasteiger partial charge in [-0.05, 0) is 17.5 Å². The molecule has 0 aromatic heterocycles. The maximum Gasteiger partial charge on any atom is 0.315 e. The van der Waals surface area contributed by atoms with Gasteiger partial charge in [0, 0.05) is 12.4 Å². The fraction of sp³-hybridized carbons (Fsp3) is 0.562. The minimum absolute atomic E-state index is 0.0556. The van der Waals surface area contributed by atoms with Crippen LogP contribution >= 0.6 is 11.8 Å². The number of rotatable bonds is 11. The summed E-state index contributed by atoms with van der Waals surface area (Å²) < 4.78 is 10.4. The minimum Gasteiger partial charge on any atom is -0.463 e. The fourth-order valence-corrected chi connectivity index (χ4v) is 2.38. The summed E-state index contributed by atoms with van der Waals surface area (Å²) in [6.45, 7) is 3.69. The maximum absolute atomic E-state index is 11.5. The number of hydrogen-bond acceptors (Lipinski definition) is 5. The van der Waals surface area contributed by atoms with Crippen molar-refractivity contribution in [3.63, 3.8) is 0 Å². The molecule has 1 aromatic rings. The molecule has 4 nitrogen and oxygen atoms in total. The van der Waals surface area contributed by atoms with Crippen molar-refractivity contribution >= 4 is 17.7 Å². The topological polar surface area (TPSA) is 55.8 Å². The van der Waals surface area contributed by atoms with E-state index in [0.717, 1.165) is 36.3 Å². The average molecular weight is 312 g/mol. The van der Waals surface area contributed by atoms with E-state index in [-0.39, 0.29) is 12.6 Å². The Bertz CT molecular complexity index is 392. The van der Waals surface area contributed by atoms with E-state index >= 15 is 0 Å². The Balaban J connectivity index is 2.04. The molecule has 0 aliphatic carbocycles. The van der Waals surface area contributed by atoms with Crippen LogP contribution in [0.5, 0.6) is 0 Å². The lowest BCUT2D eigenvalue weighted by atomic mass is 10.2. The van der Waals surface area contributed by atoms with Crippen molar-refractivity contribution in [2.45, 2.75) is 32.1 Å². The predicted octanol–water partition coefficient (Wildman–Crippen LogP) is 2.77. The highest BCUT2D eigenvalue weighted by atomic mass is 32.2. The van der Waals surface area contributed by atoms with Crippen LogP contribution in [0.25, 0.3) is 0 Å². The number of hydrogen-bond donors (Lipinski definition) is 1. The largest absolute Gasteiger partial charge is 0.463 e. The molecule has 0 heterocycles. The number of carbonyl (C=O) groups is 1. The summed E-state index contributed by atoms with van der Waals surface area (Å²) in [7, 11) is 0. The highest BCUT2D eigenvalue weighted by Gasteiger charge is 2.03. The minimum atomic E-state index is -0.203. The molecule has 0 aliphatic heterocycles. The molecule has 0 bridgehead atoms. The van der Waals surface area contributed by atoms with E-state index in [0.29, 0.717) is 19.0 Å². The number of aliphatic hydroxyl groups is 1. The summed E-state index contributed by atoms with van der Waals surface area (Å²) in [6.07, 6.45) is 2.15. The van der Waals surface area contributed by atoms with Gasteiger partial charge in [0.05, 0.1) is 19.0 Å². The molecule has 0 atom stereocenters. The van der Waals surface area contributed by atoms with E-state index in [4.69, 9.17) is 14.6 Å². The molecule has 1 N–H and O–H groups in total. The van der Waals surface area contributed by atoms with Gasteiger partial charge >= 0.3 is 5.97 Å². The molecule has 0 unspecified atom stereocenters. The Kier molecular flexibility index (Phi) is 9.95. The van der Waals surface area contributed by atoms with Crippen molar-refractivity contribution in [2.75, 3.05) is 25.6 Å². The Hall–Kier alpha value is -1.04. The molecule has 0 saturated heterocycles. The van der Waals surface area contributed by atoms with E-state index in [9.17, 15) is 4.79 Å². The lowest BCUT2D eigenvalue weighted by Gasteiger charge is -2.06. The molecular weight excluding hydrogens is 288 g/mol. The van der Waals surface area contributed by atoms with Gasteiger partial charge in [-0.25, -0.2) is 0 Å². The first kappa shape index (κ1) is 18.0. The van der Waals surface area contributed by atoms with Crippen LogP contribution in [0.15, 0.2) is 24.3 Å². The number of unbranched alkanes of at least 4 members (excludes halogenated alkanes) is 1. The Morgan fingerprint density at radius 1 is 1.14 bits per heavy atom. The van der Waals surface area contributed by atoms with Crippen LogP contribution in [0.3, 0.4) is 0 Å². The van der Waals surface area contributed by atoms with Gasteiger partial charge in [-0.3, -0.25) is 4.79 Å². The quantitative estimate of drug-likeness (QED) is 0.503. The van der Waals surface area contributed by atoms with E-state index in [1.165, 1.54) is 11.8 Å². The van der Waals surface area contributed by atoms with Crippen LogP contribution in [0.1, 0.15) is 30.9 Å². The number of ether oxygens (including phenoxy) is 2. The van der Waals surface area contributed by atoms with E-state index in [2.05, 4.69) is 6.92 Å². The lowest BCUT2D eigenvalue weighted by molar-refractivity contribution is -0.141. The van der Waals surface area contributed by atoms with Crippen LogP contribution in [-0.2, 0) is 26.6 Å². The Labute approximate surface area is 130 Å². The van der Waals surface area contributed by atoms with Crippen LogP contribution in [-0.4, -0.2) is 36.6 Å². The fourth-order valence-electron chi connectivity index (χ4n) is 1.60. The summed E-state index contributed by atoms with van der Waals surface area (Å²) in [5, 5.41) is 8.95. The molecule has 1 aromatic carbocycles. The number of esters is 1. The average Bonchev–Trinajstić information content (AvgIpc) is 2.51. The van der Waals surface area contributed by atoms with Crippen molar-refractivity contribution in [2.24, 2.45) is 0 Å². The first-order valence-corrected chi connectivity index (χ1v) is 8.41. The second kappa shape index (κ2) is 11.6. The van der Waals surface area contributed by atoms with Crippen LogP contribution < -0.4 is 0 Å². The van der Waals surface area contributed by atoms with Gasteiger partial charge in [0.15, 0.2) is 0 Å². The molecule has 0 spiro atoms. The molecule has 0 fully saturated rings. The van der Waals surface area contributed by atoms with Gasteiger partial charge in [-0.2, -0.15) is 0 Å². The Morgan fingerprint density at radius 3 is 2.52 bits per heavy atom. The molecule has 118 valence electrons. The molecule has 0 radical (unpaired) electrons. The van der Waals surface area contributed by atoms with Crippen molar-refractivity contribution in [3.8, 4) is 0 Å². The van der Waals surface area contributed by atoms with Gasteiger partial charge in [-0.1, -0.05) is 37.6 Å². The molecular formula is C16H24O4S. The third kappa shape index (κ3) is 8.75. The zero-order chi connectivity index (χ0) is 15.3. The number of aliphatic hydroxyl groups excluding tert-OH is 1. The highest BCUT2D eigenvalue weighted by Crippen LogP contribution is 2.13. The number of thioether (sulfide) groups is 1. The maximum atomic E-state index is 11.5. The van der Waals surface area contributed by atoms with Gasteiger partial charge in [0.1, 0.15) is 6.61 Å². The SMILES string of the molecule is CCCCOCCOC(=O)CSCc1ccc(CO)cc1. The standard InChI is InChI=1S/C16H24O4S/c1-2-3-8-19-9-10-20-16(18)13-21-12-15-6-4-14(11-17)5-7-15/h4-7,17H,2-3,8-13H2,1H3. The molecule has 0 saturated carbocycles. The van der Waals surface area contributed by atoms with Gasteiger partial charge in [-0.15, -0.1) is 11.8 Å². The van der Waals surface area contributed by atoms with Crippen LogP contribution in [0, 0.1) is 0 Å². The summed E-state index contributed by atoms with van der Waals surface area (Å²) in [5.41, 5.74) is 2.03. The van der Waals surface area contributed by atoms with Crippen molar-refractivity contribution in [1.29, 1.82) is 0 Å². The molecule has 0 aliphatic rings. The second-order valence-electron chi connectivity index (χ2n) is 4.65. The molecule has 5 heteroatoms. The monoisotopic (exact) mass is 312 g/mol. The smallest absolute Gasteiger partial charge is 0.315 e. The van der Waals surface area contributed by atoms with Gasteiger partial charge in [0.2, 0.25) is 0 Å². The van der Waals surface area contributed by atoms with E-state index < -0.39 is 0 Å². The van der Waals surface area contributed by atoms with Crippen LogP contribution in [0.2, 0.25) is 0 Å². The van der Waals surface area contributed by atoms with E-state index in [1.807, 2.05) is 24.3 Å². The van der Waals surface area contributed by atoms with Crippen LogP contribution in [0.4, 0.5) is 0 Å². The highest BCUT2D eigenvalue weighted by molar-refractivity contribution is 7.99. The summed E-state index contributed by atoms with van der Waals surface area (Å²) >= 11 is 1.52. The molecule has 0 amide bonds. The molecule has 21 heavy (non-hydrogen) atoms. The zero-order valence-corrected chi connectivity index (χ0v) is 13.4. The normalized spacial score (nSPS) is 10.6. The first-order chi connectivity index (χ1) is 10.3. The van der Waals surface area contributed by atoms with E-state index in [1.54, 1.807) is 0 Å². The zero-order valence-electron chi connectivity index (χ0n) is 12.5. The van der Waals surface area contributed by atoms with Gasteiger partial charge in [0.25, 0.3) is 0 Å². The lowest BCUT2D eigenvalue weighted by Crippen LogP contribution is -2.12. The second-order valence-corrected chi connectivity index (χ2v) is 5.64. The van der Waals surface area contributed by atoms with Crippen molar-refractivity contribution in [3.05, 3.63) is 35.4 Å².